The van der Waals surface area contributed by atoms with Gasteiger partial charge in [0.15, 0.2) is 5.16 Å². The zero-order chi connectivity index (χ0) is 31.2. The van der Waals surface area contributed by atoms with E-state index in [2.05, 4.69) is 28.6 Å². The van der Waals surface area contributed by atoms with Gasteiger partial charge in [-0.15, -0.1) is 10.2 Å². The fourth-order valence-corrected chi connectivity index (χ4v) is 7.69. The first-order valence-corrected chi connectivity index (χ1v) is 21.4. The lowest BCUT2D eigenvalue weighted by molar-refractivity contribution is 0.508. The Balaban J connectivity index is 1.40. The predicted molar refractivity (Wildman–Crippen MR) is 197 cm³/mol. The standard InChI is InChI=1S/C40H77N3S/c1-3-5-7-9-11-13-15-17-19-21-23-25-27-29-31-33-37-44-40-42-41-39(38-34-35-38)43(40)36-32-30-28-26-24-22-20-18-16-14-12-10-8-6-4-2/h38H,3-37H2,1-2H3. The summed E-state index contributed by atoms with van der Waals surface area (Å²) in [5, 5.41) is 10.5. The maximum absolute atomic E-state index is 4.65. The summed E-state index contributed by atoms with van der Waals surface area (Å²) in [6.45, 7) is 5.75. The van der Waals surface area contributed by atoms with Crippen molar-refractivity contribution in [1.29, 1.82) is 0 Å². The van der Waals surface area contributed by atoms with Crippen LogP contribution in [0.4, 0.5) is 0 Å². The highest BCUT2D eigenvalue weighted by molar-refractivity contribution is 7.99. The first kappa shape index (κ1) is 39.7. The van der Waals surface area contributed by atoms with Crippen LogP contribution in [-0.4, -0.2) is 20.5 Å². The van der Waals surface area contributed by atoms with Crippen molar-refractivity contribution in [1.82, 2.24) is 14.8 Å². The van der Waals surface area contributed by atoms with Gasteiger partial charge in [0.25, 0.3) is 0 Å². The summed E-state index contributed by atoms with van der Waals surface area (Å²) in [4.78, 5) is 0. The first-order valence-electron chi connectivity index (χ1n) is 20.4. The Hall–Kier alpha value is -0.510. The molecule has 4 heteroatoms. The third-order valence-corrected chi connectivity index (χ3v) is 11.0. The first-order chi connectivity index (χ1) is 21.9. The molecule has 0 aliphatic heterocycles. The minimum absolute atomic E-state index is 0.698. The molecule has 2 rings (SSSR count). The number of unbranched alkanes of at least 4 members (excludes halogenated alkanes) is 29. The van der Waals surface area contributed by atoms with E-state index in [9.17, 15) is 0 Å². The van der Waals surface area contributed by atoms with E-state index in [0.717, 1.165) is 6.54 Å². The van der Waals surface area contributed by atoms with Crippen molar-refractivity contribution >= 4 is 11.8 Å². The topological polar surface area (TPSA) is 30.7 Å². The van der Waals surface area contributed by atoms with Crippen LogP contribution in [0, 0.1) is 0 Å². The molecule has 1 fully saturated rings. The Morgan fingerprint density at radius 2 is 0.795 bits per heavy atom. The summed E-state index contributed by atoms with van der Waals surface area (Å²) >= 11 is 1.98. The maximum Gasteiger partial charge on any atom is 0.191 e. The van der Waals surface area contributed by atoms with Crippen LogP contribution in [-0.2, 0) is 6.54 Å². The summed E-state index contributed by atoms with van der Waals surface area (Å²) in [6.07, 6.45) is 47.0. The van der Waals surface area contributed by atoms with Gasteiger partial charge in [0.05, 0.1) is 0 Å². The van der Waals surface area contributed by atoms with E-state index >= 15 is 0 Å². The molecular formula is C40H77N3S. The van der Waals surface area contributed by atoms with E-state index in [4.69, 9.17) is 0 Å². The van der Waals surface area contributed by atoms with Gasteiger partial charge in [-0.2, -0.15) is 0 Å². The van der Waals surface area contributed by atoms with Crippen molar-refractivity contribution in [2.24, 2.45) is 0 Å². The molecule has 1 aromatic heterocycles. The molecule has 3 nitrogen and oxygen atoms in total. The molecule has 44 heavy (non-hydrogen) atoms. The van der Waals surface area contributed by atoms with Gasteiger partial charge in [-0.05, 0) is 25.7 Å². The molecule has 0 N–H and O–H groups in total. The number of thioether (sulfide) groups is 1. The Labute approximate surface area is 280 Å². The molecule has 0 aromatic carbocycles. The minimum atomic E-state index is 0.698. The summed E-state index contributed by atoms with van der Waals surface area (Å²) in [5.41, 5.74) is 0. The molecule has 0 bridgehead atoms. The largest absolute Gasteiger partial charge is 0.306 e. The average Bonchev–Trinajstić information content (AvgIpc) is 3.81. The Kier molecular flexibility index (Phi) is 26.9. The lowest BCUT2D eigenvalue weighted by atomic mass is 10.0. The van der Waals surface area contributed by atoms with E-state index in [-0.39, 0.29) is 0 Å². The van der Waals surface area contributed by atoms with E-state index in [1.165, 1.54) is 229 Å². The van der Waals surface area contributed by atoms with Crippen molar-refractivity contribution in [2.75, 3.05) is 5.75 Å². The highest BCUT2D eigenvalue weighted by Crippen LogP contribution is 2.40. The zero-order valence-electron chi connectivity index (χ0n) is 30.1. The number of hydrogen-bond donors (Lipinski definition) is 0. The van der Waals surface area contributed by atoms with Gasteiger partial charge in [-0.1, -0.05) is 212 Å². The Bertz CT molecular complexity index is 728. The van der Waals surface area contributed by atoms with Crippen molar-refractivity contribution in [3.8, 4) is 0 Å². The lowest BCUT2D eigenvalue weighted by Gasteiger charge is -2.10. The summed E-state index contributed by atoms with van der Waals surface area (Å²) < 4.78 is 2.51. The maximum atomic E-state index is 4.65. The van der Waals surface area contributed by atoms with Gasteiger partial charge < -0.3 is 4.57 Å². The van der Waals surface area contributed by atoms with E-state index < -0.39 is 0 Å². The third kappa shape index (κ3) is 22.1. The van der Waals surface area contributed by atoms with Crippen LogP contribution in [0.1, 0.15) is 237 Å². The highest BCUT2D eigenvalue weighted by Gasteiger charge is 2.30. The van der Waals surface area contributed by atoms with Crippen LogP contribution < -0.4 is 0 Å². The highest BCUT2D eigenvalue weighted by atomic mass is 32.2. The van der Waals surface area contributed by atoms with Gasteiger partial charge in [0, 0.05) is 18.2 Å². The number of hydrogen-bond acceptors (Lipinski definition) is 3. The molecule has 1 aromatic rings. The van der Waals surface area contributed by atoms with Crippen LogP contribution in [0.15, 0.2) is 5.16 Å². The molecule has 1 aliphatic rings. The molecule has 0 saturated heterocycles. The monoisotopic (exact) mass is 632 g/mol. The van der Waals surface area contributed by atoms with Crippen molar-refractivity contribution in [2.45, 2.75) is 243 Å². The van der Waals surface area contributed by atoms with E-state index in [0.29, 0.717) is 5.92 Å². The molecule has 0 unspecified atom stereocenters. The minimum Gasteiger partial charge on any atom is -0.306 e. The Morgan fingerprint density at radius 3 is 1.16 bits per heavy atom. The number of nitrogens with zero attached hydrogens (tertiary/aromatic N) is 3. The smallest absolute Gasteiger partial charge is 0.191 e. The molecule has 1 aliphatic carbocycles. The van der Waals surface area contributed by atoms with Crippen molar-refractivity contribution in [3.63, 3.8) is 0 Å². The SMILES string of the molecule is CCCCCCCCCCCCCCCCCCSc1nnc(C2CC2)n1CCCCCCCCCCCCCCCCC. The summed E-state index contributed by atoms with van der Waals surface area (Å²) in [6, 6.07) is 0. The summed E-state index contributed by atoms with van der Waals surface area (Å²) in [5.74, 6) is 3.20. The molecule has 1 saturated carbocycles. The van der Waals surface area contributed by atoms with E-state index in [1.807, 2.05) is 11.8 Å². The van der Waals surface area contributed by atoms with Crippen molar-refractivity contribution in [3.05, 3.63) is 5.82 Å². The van der Waals surface area contributed by atoms with Gasteiger partial charge >= 0.3 is 0 Å². The predicted octanol–water partition coefficient (Wildman–Crippen LogP) is 14.4. The van der Waals surface area contributed by atoms with Gasteiger partial charge in [-0.25, -0.2) is 0 Å². The van der Waals surface area contributed by atoms with Crippen LogP contribution in [0.5, 0.6) is 0 Å². The number of aromatic nitrogens is 3. The van der Waals surface area contributed by atoms with Gasteiger partial charge in [0.2, 0.25) is 0 Å². The zero-order valence-corrected chi connectivity index (χ0v) is 30.9. The van der Waals surface area contributed by atoms with Gasteiger partial charge in [0.1, 0.15) is 5.82 Å². The summed E-state index contributed by atoms with van der Waals surface area (Å²) in [7, 11) is 0. The second-order valence-corrected chi connectivity index (χ2v) is 15.4. The molecule has 0 spiro atoms. The molecular weight excluding hydrogens is 555 g/mol. The third-order valence-electron chi connectivity index (χ3n) is 9.90. The molecule has 258 valence electrons. The van der Waals surface area contributed by atoms with Crippen LogP contribution >= 0.6 is 11.8 Å². The molecule has 1 heterocycles. The average molecular weight is 632 g/mol. The lowest BCUT2D eigenvalue weighted by Crippen LogP contribution is -2.05. The Morgan fingerprint density at radius 1 is 0.455 bits per heavy atom. The van der Waals surface area contributed by atoms with Crippen LogP contribution in [0.2, 0.25) is 0 Å². The second kappa shape index (κ2) is 29.9. The van der Waals surface area contributed by atoms with Crippen LogP contribution in [0.3, 0.4) is 0 Å². The fraction of sp³-hybridized carbons (Fsp3) is 0.950. The van der Waals surface area contributed by atoms with E-state index in [1.54, 1.807) is 0 Å². The van der Waals surface area contributed by atoms with Gasteiger partial charge in [-0.3, -0.25) is 0 Å². The normalized spacial score (nSPS) is 13.3. The molecule has 0 atom stereocenters. The molecule has 0 radical (unpaired) electrons. The number of rotatable bonds is 35. The van der Waals surface area contributed by atoms with Crippen LogP contribution in [0.25, 0.3) is 0 Å². The fourth-order valence-electron chi connectivity index (χ4n) is 6.72. The molecule has 0 amide bonds. The quantitative estimate of drug-likeness (QED) is 0.0551. The van der Waals surface area contributed by atoms with Crippen molar-refractivity contribution < 1.29 is 0 Å². The second-order valence-electron chi connectivity index (χ2n) is 14.4.